The summed E-state index contributed by atoms with van der Waals surface area (Å²) in [6.07, 6.45) is -3.83. The van der Waals surface area contributed by atoms with Crippen LogP contribution in [0.5, 0.6) is 5.88 Å². The van der Waals surface area contributed by atoms with E-state index in [0.717, 1.165) is 6.42 Å². The first kappa shape index (κ1) is 14.5. The van der Waals surface area contributed by atoms with Crippen LogP contribution in [0.2, 0.25) is 0 Å². The zero-order valence-corrected chi connectivity index (χ0v) is 10.5. The van der Waals surface area contributed by atoms with Gasteiger partial charge in [-0.05, 0) is 12.3 Å². The highest BCUT2D eigenvalue weighted by Crippen LogP contribution is 2.28. The maximum atomic E-state index is 12.5. The summed E-state index contributed by atoms with van der Waals surface area (Å²) in [7, 11) is 1.49. The van der Waals surface area contributed by atoms with Crippen molar-refractivity contribution in [2.75, 3.05) is 19.0 Å². The molecule has 0 aliphatic heterocycles. The topological polar surface area (TPSA) is 47.0 Å². The fraction of sp³-hybridized carbons (Fsp3) is 0.636. The Hall–Kier alpha value is -1.53. The Kier molecular flexibility index (Phi) is 4.75. The summed E-state index contributed by atoms with van der Waals surface area (Å²) in [6, 6.07) is 1.34. The lowest BCUT2D eigenvalue weighted by Crippen LogP contribution is -2.14. The molecule has 0 bridgehead atoms. The van der Waals surface area contributed by atoms with Gasteiger partial charge in [-0.3, -0.25) is 0 Å². The second kappa shape index (κ2) is 5.88. The highest BCUT2D eigenvalue weighted by Gasteiger charge is 2.35. The van der Waals surface area contributed by atoms with Crippen LogP contribution in [-0.4, -0.2) is 23.6 Å². The molecule has 1 aromatic heterocycles. The van der Waals surface area contributed by atoms with Crippen LogP contribution in [0.25, 0.3) is 0 Å². The van der Waals surface area contributed by atoms with Gasteiger partial charge in [0.05, 0.1) is 6.61 Å². The predicted octanol–water partition coefficient (Wildman–Crippen LogP) is 2.96. The molecule has 1 heterocycles. The van der Waals surface area contributed by atoms with Crippen LogP contribution in [0.3, 0.4) is 0 Å². The molecule has 0 saturated carbocycles. The van der Waals surface area contributed by atoms with E-state index in [0.29, 0.717) is 12.5 Å². The van der Waals surface area contributed by atoms with Crippen LogP contribution >= 0.6 is 0 Å². The van der Waals surface area contributed by atoms with E-state index in [4.69, 9.17) is 4.74 Å². The normalized spacial score (nSPS) is 11.7. The Morgan fingerprint density at radius 1 is 1.33 bits per heavy atom. The fourth-order valence-electron chi connectivity index (χ4n) is 1.15. The first-order valence-corrected chi connectivity index (χ1v) is 5.59. The van der Waals surface area contributed by atoms with Crippen LogP contribution < -0.4 is 10.1 Å². The molecule has 0 radical (unpaired) electrons. The third-order valence-corrected chi connectivity index (χ3v) is 2.16. The van der Waals surface area contributed by atoms with Crippen LogP contribution in [0.15, 0.2) is 6.07 Å². The summed E-state index contributed by atoms with van der Waals surface area (Å²) in [5, 5.41) is 2.55. The van der Waals surface area contributed by atoms with Gasteiger partial charge in [-0.25, -0.2) is 4.98 Å². The number of hydrogen-bond donors (Lipinski definition) is 1. The number of alkyl halides is 3. The van der Waals surface area contributed by atoms with Gasteiger partial charge in [0.2, 0.25) is 11.7 Å². The lowest BCUT2D eigenvalue weighted by molar-refractivity contribution is -0.145. The first-order valence-electron chi connectivity index (χ1n) is 5.59. The number of rotatable bonds is 5. The third-order valence-electron chi connectivity index (χ3n) is 2.16. The molecule has 18 heavy (non-hydrogen) atoms. The maximum Gasteiger partial charge on any atom is 0.451 e. The molecule has 0 fully saturated rings. The lowest BCUT2D eigenvalue weighted by Gasteiger charge is -2.11. The van der Waals surface area contributed by atoms with Gasteiger partial charge in [-0.2, -0.15) is 18.2 Å². The average molecular weight is 263 g/mol. The minimum atomic E-state index is -4.58. The molecule has 0 saturated heterocycles. The molecule has 4 nitrogen and oxygen atoms in total. The van der Waals surface area contributed by atoms with Gasteiger partial charge in [-0.15, -0.1) is 0 Å². The van der Waals surface area contributed by atoms with Crippen molar-refractivity contribution in [1.82, 2.24) is 9.97 Å². The highest BCUT2D eigenvalue weighted by atomic mass is 19.4. The smallest absolute Gasteiger partial charge is 0.451 e. The van der Waals surface area contributed by atoms with E-state index in [1.54, 1.807) is 0 Å². The van der Waals surface area contributed by atoms with Gasteiger partial charge in [0.1, 0.15) is 5.82 Å². The molecule has 0 aliphatic carbocycles. The molecule has 0 spiro atoms. The van der Waals surface area contributed by atoms with Gasteiger partial charge < -0.3 is 10.1 Å². The maximum absolute atomic E-state index is 12.5. The molecule has 0 unspecified atom stereocenters. The second-order valence-electron chi connectivity index (χ2n) is 4.19. The molecule has 1 N–H and O–H groups in total. The molecule has 102 valence electrons. The monoisotopic (exact) mass is 263 g/mol. The van der Waals surface area contributed by atoms with E-state index in [2.05, 4.69) is 15.3 Å². The molecular weight excluding hydrogens is 247 g/mol. The minimum Gasteiger partial charge on any atom is -0.478 e. The Morgan fingerprint density at radius 2 is 2.00 bits per heavy atom. The largest absolute Gasteiger partial charge is 0.478 e. The second-order valence-corrected chi connectivity index (χ2v) is 4.19. The van der Waals surface area contributed by atoms with Gasteiger partial charge >= 0.3 is 6.18 Å². The Morgan fingerprint density at radius 3 is 2.50 bits per heavy atom. The Labute approximate surface area is 104 Å². The van der Waals surface area contributed by atoms with Gasteiger partial charge in [0.15, 0.2) is 0 Å². The molecular formula is C11H16F3N3O. The summed E-state index contributed by atoms with van der Waals surface area (Å²) in [5.41, 5.74) is 0. The third kappa shape index (κ3) is 4.38. The van der Waals surface area contributed by atoms with Crippen molar-refractivity contribution in [3.05, 3.63) is 11.9 Å². The van der Waals surface area contributed by atoms with E-state index >= 15 is 0 Å². The molecule has 1 aromatic rings. The number of hydrogen-bond acceptors (Lipinski definition) is 4. The van der Waals surface area contributed by atoms with Crippen LogP contribution in [0, 0.1) is 5.92 Å². The summed E-state index contributed by atoms with van der Waals surface area (Å²) < 4.78 is 42.8. The molecule has 0 aliphatic rings. The standard InChI is InChI=1S/C11H16F3N3O/c1-7(2)4-5-18-9-6-8(15-3)16-10(17-9)11(12,13)14/h6-7H,4-5H2,1-3H3,(H,15,16,17). The summed E-state index contributed by atoms with van der Waals surface area (Å²) in [4.78, 5) is 6.69. The molecule has 0 aromatic carbocycles. The van der Waals surface area contributed by atoms with Crippen molar-refractivity contribution >= 4 is 5.82 Å². The predicted molar refractivity (Wildman–Crippen MR) is 61.5 cm³/mol. The quantitative estimate of drug-likeness (QED) is 0.887. The minimum absolute atomic E-state index is 0.0673. The first-order chi connectivity index (χ1) is 8.32. The fourth-order valence-corrected chi connectivity index (χ4v) is 1.15. The van der Waals surface area contributed by atoms with Crippen molar-refractivity contribution in [3.63, 3.8) is 0 Å². The Balaban J connectivity index is 2.84. The van der Waals surface area contributed by atoms with Gasteiger partial charge in [0.25, 0.3) is 0 Å². The van der Waals surface area contributed by atoms with E-state index in [9.17, 15) is 13.2 Å². The summed E-state index contributed by atoms with van der Waals surface area (Å²) in [5.74, 6) is -0.772. The van der Waals surface area contributed by atoms with Crippen LogP contribution in [0.1, 0.15) is 26.1 Å². The molecule has 1 rings (SSSR count). The van der Waals surface area contributed by atoms with E-state index < -0.39 is 12.0 Å². The SMILES string of the molecule is CNc1cc(OCCC(C)C)nc(C(F)(F)F)n1. The van der Waals surface area contributed by atoms with Crippen molar-refractivity contribution in [1.29, 1.82) is 0 Å². The Bertz CT molecular complexity index is 394. The average Bonchev–Trinajstić information content (AvgIpc) is 2.27. The highest BCUT2D eigenvalue weighted by molar-refractivity contribution is 5.38. The number of aromatic nitrogens is 2. The van der Waals surface area contributed by atoms with E-state index in [1.165, 1.54) is 13.1 Å². The zero-order chi connectivity index (χ0) is 13.8. The van der Waals surface area contributed by atoms with Crippen molar-refractivity contribution in [2.45, 2.75) is 26.4 Å². The number of nitrogens with one attached hydrogen (secondary N) is 1. The van der Waals surface area contributed by atoms with E-state index in [-0.39, 0.29) is 11.7 Å². The summed E-state index contributed by atoms with van der Waals surface area (Å²) in [6.45, 7) is 4.34. The molecule has 0 amide bonds. The molecule has 7 heteroatoms. The number of halogens is 3. The number of ether oxygens (including phenoxy) is 1. The van der Waals surface area contributed by atoms with Crippen LogP contribution in [-0.2, 0) is 6.18 Å². The number of nitrogens with zero attached hydrogens (tertiary/aromatic N) is 2. The van der Waals surface area contributed by atoms with Gasteiger partial charge in [-0.1, -0.05) is 13.8 Å². The van der Waals surface area contributed by atoms with E-state index in [1.807, 2.05) is 13.8 Å². The summed E-state index contributed by atoms with van der Waals surface area (Å²) >= 11 is 0. The number of anilines is 1. The lowest BCUT2D eigenvalue weighted by atomic mass is 10.1. The van der Waals surface area contributed by atoms with Crippen LogP contribution in [0.4, 0.5) is 19.0 Å². The van der Waals surface area contributed by atoms with Gasteiger partial charge in [0, 0.05) is 13.1 Å². The van der Waals surface area contributed by atoms with Crippen molar-refractivity contribution in [2.24, 2.45) is 5.92 Å². The van der Waals surface area contributed by atoms with Crippen molar-refractivity contribution in [3.8, 4) is 5.88 Å². The van der Waals surface area contributed by atoms with Crippen molar-refractivity contribution < 1.29 is 17.9 Å². The molecule has 0 atom stereocenters. The zero-order valence-electron chi connectivity index (χ0n) is 10.5.